The number of rotatable bonds is 4. The van der Waals surface area contributed by atoms with Gasteiger partial charge in [-0.05, 0) is 0 Å². The van der Waals surface area contributed by atoms with Crippen LogP contribution in [0, 0.1) is 0 Å². The molecule has 1 unspecified atom stereocenters. The minimum absolute atomic E-state index is 0.0596. The van der Waals surface area contributed by atoms with Crippen molar-refractivity contribution >= 4 is 11.8 Å². The number of morpholine rings is 1. The van der Waals surface area contributed by atoms with Gasteiger partial charge in [-0.2, -0.15) is 0 Å². The maximum atomic E-state index is 12.0. The van der Waals surface area contributed by atoms with Gasteiger partial charge in [0.15, 0.2) is 0 Å². The summed E-state index contributed by atoms with van der Waals surface area (Å²) in [4.78, 5) is 25.2. The molecule has 0 aromatic rings. The molecule has 0 aliphatic carbocycles. The van der Waals surface area contributed by atoms with Crippen molar-refractivity contribution in [3.8, 4) is 0 Å². The monoisotopic (exact) mass is 243 g/mol. The van der Waals surface area contributed by atoms with Crippen LogP contribution < -0.4 is 10.6 Å². The fourth-order valence-corrected chi connectivity index (χ4v) is 1.68. The standard InChI is InChI=1S/C11H21N3O3/c1-8(2)13-6-10(15)14-4-5-17-7-9(14)11(16)12-3/h8-9,13H,4-7H2,1-3H3,(H,12,16). The predicted molar refractivity (Wildman–Crippen MR) is 63.5 cm³/mol. The highest BCUT2D eigenvalue weighted by atomic mass is 16.5. The van der Waals surface area contributed by atoms with Crippen LogP contribution in [0.5, 0.6) is 0 Å². The summed E-state index contributed by atoms with van der Waals surface area (Å²) < 4.78 is 5.24. The number of nitrogens with zero attached hydrogens (tertiary/aromatic N) is 1. The van der Waals surface area contributed by atoms with Crippen molar-refractivity contribution in [2.24, 2.45) is 0 Å². The molecule has 1 atom stereocenters. The van der Waals surface area contributed by atoms with Crippen LogP contribution in [0.25, 0.3) is 0 Å². The van der Waals surface area contributed by atoms with Crippen LogP contribution in [0.15, 0.2) is 0 Å². The third kappa shape index (κ3) is 3.98. The lowest BCUT2D eigenvalue weighted by molar-refractivity contribution is -0.147. The highest BCUT2D eigenvalue weighted by Crippen LogP contribution is 2.07. The van der Waals surface area contributed by atoms with Crippen molar-refractivity contribution in [2.45, 2.75) is 25.9 Å². The molecule has 0 aromatic carbocycles. The van der Waals surface area contributed by atoms with E-state index in [0.29, 0.717) is 13.2 Å². The lowest BCUT2D eigenvalue weighted by Gasteiger charge is -2.34. The molecule has 0 bridgehead atoms. The number of carbonyl (C=O) groups excluding carboxylic acids is 2. The quantitative estimate of drug-likeness (QED) is 0.661. The molecule has 17 heavy (non-hydrogen) atoms. The zero-order valence-electron chi connectivity index (χ0n) is 10.7. The first-order valence-electron chi connectivity index (χ1n) is 5.88. The summed E-state index contributed by atoms with van der Waals surface area (Å²) in [6.45, 7) is 5.43. The molecule has 0 saturated carbocycles. The minimum atomic E-state index is -0.504. The normalized spacial score (nSPS) is 20.5. The summed E-state index contributed by atoms with van der Waals surface area (Å²) in [6.07, 6.45) is 0. The largest absolute Gasteiger partial charge is 0.377 e. The lowest BCUT2D eigenvalue weighted by Crippen LogP contribution is -2.57. The van der Waals surface area contributed by atoms with E-state index in [4.69, 9.17) is 4.74 Å². The third-order valence-corrected chi connectivity index (χ3v) is 2.66. The summed E-state index contributed by atoms with van der Waals surface area (Å²) in [6, 6.07) is -0.256. The molecular weight excluding hydrogens is 222 g/mol. The molecule has 1 aliphatic rings. The second-order valence-corrected chi connectivity index (χ2v) is 4.33. The van der Waals surface area contributed by atoms with Gasteiger partial charge in [0.2, 0.25) is 11.8 Å². The molecule has 1 rings (SSSR count). The number of carbonyl (C=O) groups is 2. The molecule has 0 aromatic heterocycles. The number of hydrogen-bond acceptors (Lipinski definition) is 4. The van der Waals surface area contributed by atoms with Crippen molar-refractivity contribution in [3.05, 3.63) is 0 Å². The molecule has 1 fully saturated rings. The third-order valence-electron chi connectivity index (χ3n) is 2.66. The van der Waals surface area contributed by atoms with Crippen LogP contribution in [0.2, 0.25) is 0 Å². The Balaban J connectivity index is 2.58. The van der Waals surface area contributed by atoms with E-state index in [-0.39, 0.29) is 31.0 Å². The summed E-state index contributed by atoms with van der Waals surface area (Å²) in [5.41, 5.74) is 0. The second-order valence-electron chi connectivity index (χ2n) is 4.33. The van der Waals surface area contributed by atoms with Gasteiger partial charge in [0, 0.05) is 19.6 Å². The summed E-state index contributed by atoms with van der Waals surface area (Å²) in [5.74, 6) is -0.238. The molecule has 0 radical (unpaired) electrons. The zero-order valence-corrected chi connectivity index (χ0v) is 10.7. The van der Waals surface area contributed by atoms with E-state index < -0.39 is 6.04 Å². The first-order valence-corrected chi connectivity index (χ1v) is 5.88. The molecule has 6 heteroatoms. The Morgan fingerprint density at radius 2 is 2.18 bits per heavy atom. The van der Waals surface area contributed by atoms with Gasteiger partial charge in [-0.1, -0.05) is 13.8 Å². The van der Waals surface area contributed by atoms with E-state index in [0.717, 1.165) is 0 Å². The van der Waals surface area contributed by atoms with Crippen molar-refractivity contribution in [1.82, 2.24) is 15.5 Å². The van der Waals surface area contributed by atoms with E-state index >= 15 is 0 Å². The molecule has 6 nitrogen and oxygen atoms in total. The molecular formula is C11H21N3O3. The van der Waals surface area contributed by atoms with E-state index in [9.17, 15) is 9.59 Å². The molecule has 1 saturated heterocycles. The van der Waals surface area contributed by atoms with E-state index in [1.807, 2.05) is 13.8 Å². The number of amides is 2. The Labute approximate surface area is 102 Å². The number of nitrogens with one attached hydrogen (secondary N) is 2. The van der Waals surface area contributed by atoms with Gasteiger partial charge >= 0.3 is 0 Å². The summed E-state index contributed by atoms with van der Waals surface area (Å²) in [7, 11) is 1.56. The van der Waals surface area contributed by atoms with Crippen LogP contribution in [-0.4, -0.2) is 62.1 Å². The molecule has 1 aliphatic heterocycles. The van der Waals surface area contributed by atoms with Crippen LogP contribution in [0.1, 0.15) is 13.8 Å². The Hall–Kier alpha value is -1.14. The van der Waals surface area contributed by atoms with Crippen molar-refractivity contribution in [1.29, 1.82) is 0 Å². The Morgan fingerprint density at radius 1 is 1.47 bits per heavy atom. The van der Waals surface area contributed by atoms with Gasteiger partial charge < -0.3 is 20.3 Å². The topological polar surface area (TPSA) is 70.7 Å². The predicted octanol–water partition coefficient (Wildman–Crippen LogP) is -1.04. The van der Waals surface area contributed by atoms with E-state index in [1.54, 1.807) is 11.9 Å². The van der Waals surface area contributed by atoms with Crippen LogP contribution in [-0.2, 0) is 14.3 Å². The van der Waals surface area contributed by atoms with Gasteiger partial charge in [0.25, 0.3) is 0 Å². The Kier molecular flexibility index (Phi) is 5.37. The van der Waals surface area contributed by atoms with Crippen LogP contribution in [0.4, 0.5) is 0 Å². The maximum Gasteiger partial charge on any atom is 0.244 e. The van der Waals surface area contributed by atoms with Gasteiger partial charge in [0.05, 0.1) is 19.8 Å². The molecule has 1 heterocycles. The Bertz CT molecular complexity index is 281. The highest BCUT2D eigenvalue weighted by Gasteiger charge is 2.31. The van der Waals surface area contributed by atoms with Gasteiger partial charge in [-0.3, -0.25) is 9.59 Å². The van der Waals surface area contributed by atoms with Crippen molar-refractivity contribution in [3.63, 3.8) is 0 Å². The summed E-state index contributed by atoms with van der Waals surface area (Å²) in [5, 5.41) is 5.61. The van der Waals surface area contributed by atoms with Crippen LogP contribution in [0.3, 0.4) is 0 Å². The number of ether oxygens (including phenoxy) is 1. The number of hydrogen-bond donors (Lipinski definition) is 2. The van der Waals surface area contributed by atoms with E-state index in [2.05, 4.69) is 10.6 Å². The van der Waals surface area contributed by atoms with Crippen LogP contribution >= 0.6 is 0 Å². The molecule has 0 spiro atoms. The van der Waals surface area contributed by atoms with Gasteiger partial charge in [-0.25, -0.2) is 0 Å². The van der Waals surface area contributed by atoms with Gasteiger partial charge in [0.1, 0.15) is 6.04 Å². The van der Waals surface area contributed by atoms with Crippen molar-refractivity contribution in [2.75, 3.05) is 33.4 Å². The zero-order chi connectivity index (χ0) is 12.8. The average molecular weight is 243 g/mol. The average Bonchev–Trinajstić information content (AvgIpc) is 2.34. The van der Waals surface area contributed by atoms with Crippen molar-refractivity contribution < 1.29 is 14.3 Å². The molecule has 2 N–H and O–H groups in total. The molecule has 2 amide bonds. The first kappa shape index (κ1) is 13.9. The minimum Gasteiger partial charge on any atom is -0.377 e. The summed E-state index contributed by atoms with van der Waals surface area (Å²) >= 11 is 0. The smallest absolute Gasteiger partial charge is 0.244 e. The maximum absolute atomic E-state index is 12.0. The fourth-order valence-electron chi connectivity index (χ4n) is 1.68. The first-order chi connectivity index (χ1) is 8.06. The fraction of sp³-hybridized carbons (Fsp3) is 0.818. The lowest BCUT2D eigenvalue weighted by atomic mass is 10.2. The van der Waals surface area contributed by atoms with E-state index in [1.165, 1.54) is 0 Å². The molecule has 98 valence electrons. The SMILES string of the molecule is CNC(=O)C1COCCN1C(=O)CNC(C)C. The second kappa shape index (κ2) is 6.56. The highest BCUT2D eigenvalue weighted by molar-refractivity contribution is 5.88. The Morgan fingerprint density at radius 3 is 2.76 bits per heavy atom. The van der Waals surface area contributed by atoms with Gasteiger partial charge in [-0.15, -0.1) is 0 Å². The number of likely N-dealkylation sites (N-methyl/N-ethyl adjacent to an activating group) is 1.